The number of benzene rings is 4. The minimum atomic E-state index is -2.37. The minimum Gasteiger partial charge on any atom is -0.381 e. The van der Waals surface area contributed by atoms with Crippen LogP contribution >= 0.6 is 63.7 Å². The Morgan fingerprint density at radius 2 is 0.697 bits per heavy atom. The van der Waals surface area contributed by atoms with Gasteiger partial charge in [-0.15, -0.1) is 0 Å². The molecule has 0 aromatic heterocycles. The van der Waals surface area contributed by atoms with Gasteiger partial charge in [0.25, 0.3) is 0 Å². The first-order valence-corrected chi connectivity index (χ1v) is 30.1. The quantitative estimate of drug-likeness (QED) is 0.203. The van der Waals surface area contributed by atoms with E-state index in [9.17, 15) is 9.59 Å². The Kier molecular flexibility index (Phi) is 12.6. The van der Waals surface area contributed by atoms with Crippen molar-refractivity contribution < 1.29 is 50.5 Å². The molecule has 4 saturated carbocycles. The van der Waals surface area contributed by atoms with Crippen LogP contribution in [0.4, 0.5) is 0 Å². The number of allylic oxidation sites excluding steroid dienone is 2. The molecule has 4 aromatic rings. The van der Waals surface area contributed by atoms with E-state index in [1.165, 1.54) is 11.1 Å². The molecule has 0 unspecified atom stereocenters. The number of rotatable bonds is 4. The molecule has 0 bridgehead atoms. The molecule has 4 fully saturated rings. The van der Waals surface area contributed by atoms with Crippen LogP contribution in [0.1, 0.15) is 181 Å². The van der Waals surface area contributed by atoms with E-state index in [0.29, 0.717) is 51.4 Å². The summed E-state index contributed by atoms with van der Waals surface area (Å²) in [6.45, 7) is 7.75. The van der Waals surface area contributed by atoms with Gasteiger partial charge in [-0.1, -0.05) is 129 Å². The number of fused-ring (bicyclic) bond motifs is 4. The summed E-state index contributed by atoms with van der Waals surface area (Å²) >= 11 is 13.8. The average molecular weight is 1310 g/mol. The lowest BCUT2D eigenvalue weighted by Crippen LogP contribution is -2.40. The molecule has 8 aliphatic carbocycles. The molecule has 8 aliphatic rings. The predicted molar refractivity (Wildman–Crippen MR) is 323 cm³/mol. The van der Waals surface area contributed by atoms with Crippen molar-refractivity contribution in [1.82, 2.24) is 0 Å². The van der Waals surface area contributed by atoms with Crippen LogP contribution < -0.4 is 0 Å². The average Bonchev–Trinajstić information content (AvgIpc) is 1.61. The van der Waals surface area contributed by atoms with Gasteiger partial charge in [0, 0.05) is 68.0 Å². The summed E-state index contributed by atoms with van der Waals surface area (Å²) in [6, 6.07) is 23.9. The van der Waals surface area contributed by atoms with Crippen molar-refractivity contribution in [2.75, 3.05) is 28.2 Å². The Balaban J connectivity index is 0.000000145. The van der Waals surface area contributed by atoms with E-state index in [1.54, 1.807) is 0 Å². The lowest BCUT2D eigenvalue weighted by Gasteiger charge is -2.41. The van der Waals surface area contributed by atoms with Crippen molar-refractivity contribution >= 4 is 86.4 Å². The van der Waals surface area contributed by atoms with Crippen LogP contribution in [-0.2, 0) is 44.6 Å². The Labute approximate surface area is 510 Å². The fourth-order valence-electron chi connectivity index (χ4n) is 15.1. The van der Waals surface area contributed by atoms with Crippen molar-refractivity contribution in [2.45, 2.75) is 155 Å². The second-order valence-electron chi connectivity index (χ2n) is 23.9. The highest BCUT2D eigenvalue weighted by molar-refractivity contribution is 9.11. The molecule has 0 amide bonds. The number of hydrogen-bond donors (Lipinski definition) is 0. The van der Waals surface area contributed by atoms with Crippen LogP contribution in [0.15, 0.2) is 104 Å². The summed E-state index contributed by atoms with van der Waals surface area (Å²) in [7, 11) is -9.48. The molecule has 12 atom stereocenters. The Morgan fingerprint density at radius 1 is 0.434 bits per heavy atom. The van der Waals surface area contributed by atoms with E-state index >= 15 is 0 Å². The van der Waals surface area contributed by atoms with Crippen molar-refractivity contribution in [3.8, 4) is 0 Å². The standard InChI is InChI=1S/2C17H21BrO.2C16H19BrO2/c2*1-11-9-17(7-6-16(11)19-3)10-13-4-5-14(18)8-15(13)12(17)2;2*1-10-8-16(6-5-14(10)19-2)9-11-3-4-12(17)7-13(11)15(16)18/h2*4-5,8,11,16H,2,6-7,9-10H2,1,3H3;2*3-4,7,10,14H,5-6,8-9H2,1-2H3/t2*11-,16-,17-;2*10-,14-,16-/m1010/s1/i2*2D2,3D3;2*2D3. The molecular weight excluding hydrogens is 1210 g/mol. The summed E-state index contributed by atoms with van der Waals surface area (Å²) < 4.78 is 144. The van der Waals surface area contributed by atoms with E-state index in [-0.39, 0.29) is 94.4 Å². The maximum atomic E-state index is 12.9. The molecule has 0 heterocycles. The van der Waals surface area contributed by atoms with Gasteiger partial charge in [-0.3, -0.25) is 9.59 Å². The number of hydrogen-bond acceptors (Lipinski definition) is 6. The summed E-state index contributed by atoms with van der Waals surface area (Å²) in [5.41, 5.74) is 8.58. The van der Waals surface area contributed by atoms with Crippen LogP contribution in [0.5, 0.6) is 0 Å². The van der Waals surface area contributed by atoms with Crippen LogP contribution in [0.3, 0.4) is 0 Å². The predicted octanol–water partition coefficient (Wildman–Crippen LogP) is 17.7. The largest absolute Gasteiger partial charge is 0.381 e. The lowest BCUT2D eigenvalue weighted by molar-refractivity contribution is -0.00692. The first-order valence-electron chi connectivity index (χ1n) is 34.9. The van der Waals surface area contributed by atoms with Crippen LogP contribution in [0.2, 0.25) is 0 Å². The summed E-state index contributed by atoms with van der Waals surface area (Å²) in [4.78, 5) is 25.8. The summed E-state index contributed by atoms with van der Waals surface area (Å²) in [5, 5.41) is 0. The molecule has 0 N–H and O–H groups in total. The minimum absolute atomic E-state index is 0.0656. The van der Waals surface area contributed by atoms with E-state index < -0.39 is 28.2 Å². The van der Waals surface area contributed by atoms with Crippen LogP contribution in [-0.4, -0.2) is 64.1 Å². The highest BCUT2D eigenvalue weighted by atomic mass is 79.9. The van der Waals surface area contributed by atoms with Gasteiger partial charge < -0.3 is 18.9 Å². The first-order chi connectivity index (χ1) is 42.6. The number of carbonyl (C=O) groups is 2. The van der Waals surface area contributed by atoms with E-state index in [4.69, 9.17) is 40.9 Å². The maximum absolute atomic E-state index is 12.9. The number of ether oxygens (including phenoxy) is 4. The molecule has 10 heteroatoms. The topological polar surface area (TPSA) is 71.1 Å². The molecular formula is C66H80Br4O6. The molecule has 0 radical (unpaired) electrons. The van der Waals surface area contributed by atoms with Gasteiger partial charge in [0.1, 0.15) is 0 Å². The van der Waals surface area contributed by atoms with E-state index in [1.807, 2.05) is 88.4 Å². The van der Waals surface area contributed by atoms with Gasteiger partial charge >= 0.3 is 0 Å². The zero-order chi connectivity index (χ0) is 67.6. The lowest BCUT2D eigenvalue weighted by atomic mass is 9.65. The number of carbonyl (C=O) groups excluding carboxylic acids is 2. The maximum Gasteiger partial charge on any atom is 0.169 e. The molecule has 0 saturated heterocycles. The van der Waals surface area contributed by atoms with E-state index in [0.717, 1.165) is 114 Å². The first kappa shape index (κ1) is 40.6. The number of halogens is 4. The SMILES string of the molecule is [2H]C([2H])([2H])O[C@@H]1CC[C@]2(Cc3ccc(Br)cc3C2=O)C[C@H]1C.[2H]C([2H])([2H])O[C@H]1CC[C@@]2(Cc3ccc(Br)cc3C2=O)C[C@@H]1C.[2H]C([2H])=C1c2cc(Br)ccc2C[C@@]12CC[C@H](OC([2H])([2H])[2H])[C@@H](C)C2.[2H]C([2H])=C1c2cc(Br)ccc2C[C@]12CC[C@@H](OC([2H])([2H])[2H])[C@H](C)C2. The summed E-state index contributed by atoms with van der Waals surface area (Å²) in [5.74, 6) is 0.704. The van der Waals surface area contributed by atoms with Crippen molar-refractivity contribution in [1.29, 1.82) is 0 Å². The smallest absolute Gasteiger partial charge is 0.169 e. The molecule has 408 valence electrons. The molecule has 4 spiro atoms. The van der Waals surface area contributed by atoms with Gasteiger partial charge in [0.2, 0.25) is 0 Å². The molecule has 76 heavy (non-hydrogen) atoms. The normalized spacial score (nSPS) is 37.4. The molecule has 6 nitrogen and oxygen atoms in total. The molecule has 4 aromatic carbocycles. The van der Waals surface area contributed by atoms with Crippen LogP contribution in [0, 0.1) is 45.3 Å². The third-order valence-electron chi connectivity index (χ3n) is 19.1. The van der Waals surface area contributed by atoms with Crippen LogP contribution in [0.25, 0.3) is 11.1 Å². The van der Waals surface area contributed by atoms with Gasteiger partial charge in [-0.05, 0) is 230 Å². The van der Waals surface area contributed by atoms with E-state index in [2.05, 4.69) is 75.9 Å². The highest BCUT2D eigenvalue weighted by Gasteiger charge is 2.52. The zero-order valence-corrected chi connectivity index (χ0v) is 50.2. The monoisotopic (exact) mass is 1300 g/mol. The van der Waals surface area contributed by atoms with Gasteiger partial charge in [0.05, 0.1) is 46.3 Å². The summed E-state index contributed by atoms with van der Waals surface area (Å²) in [6.07, 6.45) is 10.3. The van der Waals surface area contributed by atoms with Gasteiger partial charge in [0.15, 0.2) is 11.6 Å². The number of methoxy groups -OCH3 is 4. The second kappa shape index (κ2) is 23.5. The van der Waals surface area contributed by atoms with Crippen molar-refractivity contribution in [3.63, 3.8) is 0 Å². The van der Waals surface area contributed by atoms with Crippen molar-refractivity contribution in [2.24, 2.45) is 45.3 Å². The highest BCUT2D eigenvalue weighted by Crippen LogP contribution is 2.58. The third-order valence-corrected chi connectivity index (χ3v) is 21.1. The zero-order valence-electron chi connectivity index (χ0n) is 59.8. The third kappa shape index (κ3) is 11.3. The van der Waals surface area contributed by atoms with Gasteiger partial charge in [-0.25, -0.2) is 0 Å². The molecule has 0 aliphatic heterocycles. The Hall–Kier alpha value is -2.54. The van der Waals surface area contributed by atoms with Gasteiger partial charge in [-0.2, -0.15) is 0 Å². The fraction of sp³-hybridized carbons (Fsp3) is 0.545. The number of ketones is 2. The Bertz CT molecular complexity index is 3260. The number of Topliss-reactive ketones (excluding diaryl/α,β-unsaturated/α-hetero) is 2. The van der Waals surface area contributed by atoms with Crippen molar-refractivity contribution in [3.05, 3.63) is 148 Å². The molecule has 12 rings (SSSR count). The Morgan fingerprint density at radius 3 is 0.987 bits per heavy atom. The second-order valence-corrected chi connectivity index (χ2v) is 27.6. The fourth-order valence-corrected chi connectivity index (χ4v) is 16.5.